The average molecular weight is 417 g/mol. The highest BCUT2D eigenvalue weighted by Gasteiger charge is 2.25. The van der Waals surface area contributed by atoms with E-state index in [1.54, 1.807) is 13.1 Å². The Morgan fingerprint density at radius 2 is 1.48 bits per heavy atom. The molecule has 0 aliphatic heterocycles. The van der Waals surface area contributed by atoms with Gasteiger partial charge < -0.3 is 16.4 Å². The molecule has 1 aromatic heterocycles. The Hall–Kier alpha value is -3.51. The molecule has 0 radical (unpaired) electrons. The van der Waals surface area contributed by atoms with Crippen LogP contribution in [0.1, 0.15) is 29.8 Å². The van der Waals surface area contributed by atoms with E-state index >= 15 is 0 Å². The summed E-state index contributed by atoms with van der Waals surface area (Å²) in [6.07, 6.45) is 2.65. The summed E-state index contributed by atoms with van der Waals surface area (Å²) in [4.78, 5) is 30.0. The normalized spacial score (nSPS) is 13.6. The van der Waals surface area contributed by atoms with Gasteiger partial charge in [0.05, 0.1) is 12.1 Å². The fraction of sp³-hybridized carbons (Fsp3) is 0.240. The molecule has 0 fully saturated rings. The number of nitrogens with one attached hydrogen (secondary N) is 2. The molecule has 3 atom stereocenters. The summed E-state index contributed by atoms with van der Waals surface area (Å²) in [5.74, 6) is -0.625. The van der Waals surface area contributed by atoms with Crippen LogP contribution in [0.15, 0.2) is 85.1 Å². The van der Waals surface area contributed by atoms with E-state index in [4.69, 9.17) is 5.73 Å². The number of carbonyl (C=O) groups is 2. The Kier molecular flexibility index (Phi) is 7.90. The van der Waals surface area contributed by atoms with Crippen molar-refractivity contribution in [3.63, 3.8) is 0 Å². The van der Waals surface area contributed by atoms with Gasteiger partial charge in [0.25, 0.3) is 0 Å². The monoisotopic (exact) mass is 416 g/mol. The van der Waals surface area contributed by atoms with Crippen LogP contribution in [0, 0.1) is 0 Å². The maximum Gasteiger partial charge on any atom is 0.243 e. The summed E-state index contributed by atoms with van der Waals surface area (Å²) in [5, 5.41) is 5.91. The number of rotatable bonds is 9. The van der Waals surface area contributed by atoms with Gasteiger partial charge in [0.2, 0.25) is 11.8 Å². The second kappa shape index (κ2) is 11.0. The SMILES string of the molecule is C[C@@H](N)C(=O)N[C@@H](Cc1ccccc1)C(=O)NC(Cc1ccccn1)c1ccccc1. The lowest BCUT2D eigenvalue weighted by atomic mass is 9.99. The van der Waals surface area contributed by atoms with E-state index in [-0.39, 0.29) is 17.9 Å². The first kappa shape index (κ1) is 22.2. The van der Waals surface area contributed by atoms with Gasteiger partial charge in [-0.05, 0) is 30.2 Å². The van der Waals surface area contributed by atoms with Crippen LogP contribution in [-0.2, 0) is 22.4 Å². The smallest absolute Gasteiger partial charge is 0.243 e. The molecule has 2 amide bonds. The van der Waals surface area contributed by atoms with E-state index in [1.807, 2.05) is 78.9 Å². The first-order valence-corrected chi connectivity index (χ1v) is 10.4. The summed E-state index contributed by atoms with van der Waals surface area (Å²) in [6.45, 7) is 1.60. The molecule has 6 heteroatoms. The molecule has 3 rings (SSSR count). The molecule has 3 aromatic rings. The number of carbonyl (C=O) groups excluding carboxylic acids is 2. The maximum atomic E-state index is 13.3. The Morgan fingerprint density at radius 1 is 0.839 bits per heavy atom. The van der Waals surface area contributed by atoms with E-state index < -0.39 is 12.1 Å². The molecule has 4 N–H and O–H groups in total. The van der Waals surface area contributed by atoms with Crippen LogP contribution in [0.25, 0.3) is 0 Å². The zero-order valence-electron chi connectivity index (χ0n) is 17.6. The molecule has 2 aromatic carbocycles. The summed E-state index contributed by atoms with van der Waals surface area (Å²) in [7, 11) is 0. The quantitative estimate of drug-likeness (QED) is 0.499. The van der Waals surface area contributed by atoms with E-state index in [0.29, 0.717) is 12.8 Å². The van der Waals surface area contributed by atoms with Crippen molar-refractivity contribution in [3.05, 3.63) is 102 Å². The topological polar surface area (TPSA) is 97.1 Å². The number of aromatic nitrogens is 1. The second-order valence-electron chi connectivity index (χ2n) is 7.54. The minimum Gasteiger partial charge on any atom is -0.347 e. The lowest BCUT2D eigenvalue weighted by Crippen LogP contribution is -2.52. The Balaban J connectivity index is 1.81. The van der Waals surface area contributed by atoms with E-state index in [0.717, 1.165) is 16.8 Å². The van der Waals surface area contributed by atoms with Crippen LogP contribution >= 0.6 is 0 Å². The van der Waals surface area contributed by atoms with Crippen molar-refractivity contribution < 1.29 is 9.59 Å². The summed E-state index contributed by atoms with van der Waals surface area (Å²) >= 11 is 0. The van der Waals surface area contributed by atoms with Gasteiger partial charge >= 0.3 is 0 Å². The van der Waals surface area contributed by atoms with Gasteiger partial charge in [0.1, 0.15) is 6.04 Å². The largest absolute Gasteiger partial charge is 0.347 e. The van der Waals surface area contributed by atoms with Crippen molar-refractivity contribution in [2.75, 3.05) is 0 Å². The van der Waals surface area contributed by atoms with Gasteiger partial charge in [-0.15, -0.1) is 0 Å². The molecule has 1 heterocycles. The van der Waals surface area contributed by atoms with Crippen molar-refractivity contribution in [2.45, 2.75) is 37.9 Å². The first-order chi connectivity index (χ1) is 15.0. The summed E-state index contributed by atoms with van der Waals surface area (Å²) in [5.41, 5.74) is 8.51. The lowest BCUT2D eigenvalue weighted by molar-refractivity contribution is -0.129. The van der Waals surface area contributed by atoms with Crippen molar-refractivity contribution >= 4 is 11.8 Å². The molecule has 0 aliphatic carbocycles. The minimum absolute atomic E-state index is 0.261. The van der Waals surface area contributed by atoms with Gasteiger partial charge in [0.15, 0.2) is 0 Å². The van der Waals surface area contributed by atoms with Crippen molar-refractivity contribution in [1.82, 2.24) is 15.6 Å². The number of hydrogen-bond acceptors (Lipinski definition) is 4. The predicted octanol–water partition coefficient (Wildman–Crippen LogP) is 2.56. The Morgan fingerprint density at radius 3 is 2.10 bits per heavy atom. The molecule has 160 valence electrons. The molecule has 0 saturated carbocycles. The number of pyridine rings is 1. The molecule has 1 unspecified atom stereocenters. The lowest BCUT2D eigenvalue weighted by Gasteiger charge is -2.24. The van der Waals surface area contributed by atoms with Gasteiger partial charge in [-0.2, -0.15) is 0 Å². The van der Waals surface area contributed by atoms with Crippen LogP contribution in [-0.4, -0.2) is 28.9 Å². The molecule has 31 heavy (non-hydrogen) atoms. The standard InChI is InChI=1S/C25H28N4O2/c1-18(26)24(30)29-23(16-19-10-4-2-5-11-19)25(31)28-22(20-12-6-3-7-13-20)17-21-14-8-9-15-27-21/h2-15,18,22-23H,16-17,26H2,1H3,(H,28,31)(H,29,30)/t18-,22?,23+/m1/s1. The summed E-state index contributed by atoms with van der Waals surface area (Å²) < 4.78 is 0. The minimum atomic E-state index is -0.740. The maximum absolute atomic E-state index is 13.3. The third-order valence-corrected chi connectivity index (χ3v) is 4.99. The third-order valence-electron chi connectivity index (χ3n) is 4.99. The number of nitrogens with two attached hydrogens (primary N) is 1. The van der Waals surface area contributed by atoms with Crippen LogP contribution in [0.5, 0.6) is 0 Å². The van der Waals surface area contributed by atoms with Gasteiger partial charge in [0, 0.05) is 24.7 Å². The molecular formula is C25H28N4O2. The van der Waals surface area contributed by atoms with Crippen molar-refractivity contribution in [3.8, 4) is 0 Å². The highest BCUT2D eigenvalue weighted by Crippen LogP contribution is 2.18. The fourth-order valence-corrected chi connectivity index (χ4v) is 3.30. The van der Waals surface area contributed by atoms with Crippen molar-refractivity contribution in [1.29, 1.82) is 0 Å². The molecule has 6 nitrogen and oxygen atoms in total. The molecule has 0 aliphatic rings. The third kappa shape index (κ3) is 6.76. The van der Waals surface area contributed by atoms with E-state index in [2.05, 4.69) is 15.6 Å². The van der Waals surface area contributed by atoms with Gasteiger partial charge in [-0.25, -0.2) is 0 Å². The second-order valence-corrected chi connectivity index (χ2v) is 7.54. The number of benzene rings is 2. The fourth-order valence-electron chi connectivity index (χ4n) is 3.30. The van der Waals surface area contributed by atoms with Gasteiger partial charge in [-0.1, -0.05) is 66.7 Å². The molecule has 0 bridgehead atoms. The van der Waals surface area contributed by atoms with Crippen molar-refractivity contribution in [2.24, 2.45) is 5.73 Å². The number of nitrogens with zero attached hydrogens (tertiary/aromatic N) is 1. The van der Waals surface area contributed by atoms with Crippen LogP contribution in [0.4, 0.5) is 0 Å². The molecular weight excluding hydrogens is 388 g/mol. The Bertz CT molecular complexity index is 963. The molecule has 0 saturated heterocycles. The average Bonchev–Trinajstić information content (AvgIpc) is 2.80. The first-order valence-electron chi connectivity index (χ1n) is 10.4. The predicted molar refractivity (Wildman–Crippen MR) is 121 cm³/mol. The zero-order chi connectivity index (χ0) is 22.1. The van der Waals surface area contributed by atoms with Crippen LogP contribution in [0.3, 0.4) is 0 Å². The number of amides is 2. The van der Waals surface area contributed by atoms with E-state index in [1.165, 1.54) is 0 Å². The van der Waals surface area contributed by atoms with Crippen LogP contribution in [0.2, 0.25) is 0 Å². The van der Waals surface area contributed by atoms with Gasteiger partial charge in [-0.3, -0.25) is 14.6 Å². The number of hydrogen-bond donors (Lipinski definition) is 3. The summed E-state index contributed by atoms with van der Waals surface area (Å²) in [6, 6.07) is 23.3. The Labute approximate surface area is 182 Å². The zero-order valence-corrected chi connectivity index (χ0v) is 17.6. The molecule has 0 spiro atoms. The highest BCUT2D eigenvalue weighted by molar-refractivity contribution is 5.89. The van der Waals surface area contributed by atoms with Crippen LogP contribution < -0.4 is 16.4 Å². The highest BCUT2D eigenvalue weighted by atomic mass is 16.2. The van der Waals surface area contributed by atoms with E-state index in [9.17, 15) is 9.59 Å².